The summed E-state index contributed by atoms with van der Waals surface area (Å²) >= 11 is 0. The first-order chi connectivity index (χ1) is 17.9. The molecule has 1 aromatic heterocycles. The lowest BCUT2D eigenvalue weighted by Crippen LogP contribution is -2.53. The van der Waals surface area contributed by atoms with Crippen LogP contribution in [-0.2, 0) is 4.74 Å². The quantitative estimate of drug-likeness (QED) is 0.310. The first-order valence-corrected chi connectivity index (χ1v) is 12.8. The molecule has 0 fully saturated rings. The molecule has 0 saturated carbocycles. The van der Waals surface area contributed by atoms with Crippen LogP contribution >= 0.6 is 0 Å². The van der Waals surface area contributed by atoms with Crippen molar-refractivity contribution < 1.29 is 14.3 Å². The number of fused-ring (bicyclic) bond motifs is 2. The molecule has 3 aromatic carbocycles. The third kappa shape index (κ3) is 4.44. The standard InChI is InChI=1S/C31H31N3O3/c1-5-23-19-33(28-16-20(3)21(4)17-29(28)34(23)31(36)37-6-2)30(35)25-18-27(22-12-8-7-9-13-22)32-26-15-11-10-14-24(25)26/h7-18,23H,5-6,19H2,1-4H3. The number of para-hydroxylation sites is 1. The van der Waals surface area contributed by atoms with Gasteiger partial charge in [0.2, 0.25) is 0 Å². The molecular weight excluding hydrogens is 462 g/mol. The predicted molar refractivity (Wildman–Crippen MR) is 148 cm³/mol. The highest BCUT2D eigenvalue weighted by Crippen LogP contribution is 2.40. The first-order valence-electron chi connectivity index (χ1n) is 12.8. The van der Waals surface area contributed by atoms with Crippen molar-refractivity contribution in [2.75, 3.05) is 23.0 Å². The molecule has 0 N–H and O–H groups in total. The number of amides is 2. The van der Waals surface area contributed by atoms with Gasteiger partial charge in [-0.25, -0.2) is 9.78 Å². The molecule has 2 amide bonds. The van der Waals surface area contributed by atoms with Gasteiger partial charge in [0.15, 0.2) is 0 Å². The molecule has 1 unspecified atom stereocenters. The topological polar surface area (TPSA) is 62.7 Å². The fourth-order valence-electron chi connectivity index (χ4n) is 4.98. The molecule has 0 aliphatic carbocycles. The van der Waals surface area contributed by atoms with Crippen molar-refractivity contribution in [2.24, 2.45) is 0 Å². The van der Waals surface area contributed by atoms with E-state index in [4.69, 9.17) is 9.72 Å². The summed E-state index contributed by atoms with van der Waals surface area (Å²) in [5, 5.41) is 0.804. The number of nitrogens with zero attached hydrogens (tertiary/aromatic N) is 3. The van der Waals surface area contributed by atoms with Crippen molar-refractivity contribution in [1.82, 2.24) is 4.98 Å². The Bertz CT molecular complexity index is 1480. The minimum atomic E-state index is -0.383. The third-order valence-electron chi connectivity index (χ3n) is 7.10. The van der Waals surface area contributed by atoms with Gasteiger partial charge in [-0.05, 0) is 62.6 Å². The maximum atomic E-state index is 14.4. The molecule has 2 heterocycles. The average molecular weight is 494 g/mol. The second kappa shape index (κ2) is 10.1. The zero-order valence-electron chi connectivity index (χ0n) is 21.7. The highest BCUT2D eigenvalue weighted by Gasteiger charge is 2.38. The molecule has 1 atom stereocenters. The van der Waals surface area contributed by atoms with Crippen LogP contribution < -0.4 is 9.80 Å². The third-order valence-corrected chi connectivity index (χ3v) is 7.10. The molecule has 0 saturated heterocycles. The average Bonchev–Trinajstić information content (AvgIpc) is 2.92. The van der Waals surface area contributed by atoms with Gasteiger partial charge in [0, 0.05) is 17.5 Å². The van der Waals surface area contributed by atoms with Crippen LogP contribution in [0.3, 0.4) is 0 Å². The van der Waals surface area contributed by atoms with Crippen molar-refractivity contribution in [3.8, 4) is 11.3 Å². The second-order valence-corrected chi connectivity index (χ2v) is 9.41. The van der Waals surface area contributed by atoms with Crippen LogP contribution in [0.4, 0.5) is 16.2 Å². The van der Waals surface area contributed by atoms with Crippen LogP contribution in [0, 0.1) is 13.8 Å². The molecule has 4 aromatic rings. The number of carbonyl (C=O) groups excluding carboxylic acids is 2. The Hall–Kier alpha value is -4.19. The Morgan fingerprint density at radius 2 is 1.59 bits per heavy atom. The summed E-state index contributed by atoms with van der Waals surface area (Å²) in [5.41, 5.74) is 6.59. The minimum absolute atomic E-state index is 0.109. The Morgan fingerprint density at radius 3 is 2.30 bits per heavy atom. The van der Waals surface area contributed by atoms with Crippen LogP contribution in [-0.4, -0.2) is 36.2 Å². The van der Waals surface area contributed by atoms with E-state index in [-0.39, 0.29) is 18.0 Å². The summed E-state index contributed by atoms with van der Waals surface area (Å²) < 4.78 is 5.42. The molecule has 6 heteroatoms. The van der Waals surface area contributed by atoms with Crippen LogP contribution in [0.15, 0.2) is 72.8 Å². The van der Waals surface area contributed by atoms with E-state index in [2.05, 4.69) is 0 Å². The molecular formula is C31H31N3O3. The summed E-state index contributed by atoms with van der Waals surface area (Å²) in [4.78, 5) is 35.8. The number of anilines is 2. The van der Waals surface area contributed by atoms with Crippen molar-refractivity contribution in [1.29, 1.82) is 0 Å². The molecule has 5 rings (SSSR count). The lowest BCUT2D eigenvalue weighted by molar-refractivity contribution is 0.0983. The van der Waals surface area contributed by atoms with E-state index in [0.29, 0.717) is 36.5 Å². The number of carbonyl (C=O) groups is 2. The molecule has 37 heavy (non-hydrogen) atoms. The van der Waals surface area contributed by atoms with E-state index in [1.807, 2.05) is 98.5 Å². The number of aryl methyl sites for hydroxylation is 2. The molecule has 1 aliphatic rings. The normalized spacial score (nSPS) is 15.0. The summed E-state index contributed by atoms with van der Waals surface area (Å²) in [5.74, 6) is -0.109. The number of ether oxygens (including phenoxy) is 1. The number of rotatable bonds is 4. The highest BCUT2D eigenvalue weighted by molar-refractivity contribution is 6.16. The van der Waals surface area contributed by atoms with Gasteiger partial charge in [-0.2, -0.15) is 0 Å². The van der Waals surface area contributed by atoms with Gasteiger partial charge in [-0.1, -0.05) is 55.5 Å². The van der Waals surface area contributed by atoms with Crippen LogP contribution in [0.1, 0.15) is 41.8 Å². The summed E-state index contributed by atoms with van der Waals surface area (Å²) in [6, 6.07) is 23.3. The van der Waals surface area contributed by atoms with Crippen molar-refractivity contribution in [3.63, 3.8) is 0 Å². The maximum absolute atomic E-state index is 14.4. The van der Waals surface area contributed by atoms with E-state index in [1.54, 1.807) is 11.8 Å². The molecule has 0 radical (unpaired) electrons. The monoisotopic (exact) mass is 493 g/mol. The number of pyridine rings is 1. The van der Waals surface area contributed by atoms with Crippen LogP contribution in [0.5, 0.6) is 0 Å². The van der Waals surface area contributed by atoms with Gasteiger partial charge in [0.05, 0.1) is 40.8 Å². The predicted octanol–water partition coefficient (Wildman–Crippen LogP) is 6.92. The lowest BCUT2D eigenvalue weighted by Gasteiger charge is -2.42. The number of hydrogen-bond donors (Lipinski definition) is 0. The highest BCUT2D eigenvalue weighted by atomic mass is 16.6. The Morgan fingerprint density at radius 1 is 0.919 bits per heavy atom. The smallest absolute Gasteiger partial charge is 0.414 e. The minimum Gasteiger partial charge on any atom is -0.449 e. The first kappa shape index (κ1) is 24.5. The van der Waals surface area contributed by atoms with E-state index in [1.165, 1.54) is 0 Å². The molecule has 0 bridgehead atoms. The van der Waals surface area contributed by atoms with E-state index < -0.39 is 0 Å². The van der Waals surface area contributed by atoms with E-state index >= 15 is 0 Å². The summed E-state index contributed by atoms with van der Waals surface area (Å²) in [6.45, 7) is 8.54. The Labute approximate surface area is 217 Å². The fourth-order valence-corrected chi connectivity index (χ4v) is 4.98. The largest absolute Gasteiger partial charge is 0.449 e. The summed E-state index contributed by atoms with van der Waals surface area (Å²) in [6.07, 6.45) is 0.299. The van der Waals surface area contributed by atoms with Gasteiger partial charge in [-0.3, -0.25) is 9.69 Å². The van der Waals surface area contributed by atoms with Crippen molar-refractivity contribution in [3.05, 3.63) is 89.5 Å². The van der Waals surface area contributed by atoms with Gasteiger partial charge < -0.3 is 9.64 Å². The zero-order chi connectivity index (χ0) is 26.1. The number of benzene rings is 3. The number of aromatic nitrogens is 1. The van der Waals surface area contributed by atoms with Gasteiger partial charge in [0.1, 0.15) is 0 Å². The molecule has 188 valence electrons. The number of hydrogen-bond acceptors (Lipinski definition) is 4. The maximum Gasteiger partial charge on any atom is 0.414 e. The van der Waals surface area contributed by atoms with Gasteiger partial charge in [-0.15, -0.1) is 0 Å². The Balaban J connectivity index is 1.68. The van der Waals surface area contributed by atoms with E-state index in [0.717, 1.165) is 33.3 Å². The lowest BCUT2D eigenvalue weighted by atomic mass is 9.98. The molecule has 6 nitrogen and oxygen atoms in total. The van der Waals surface area contributed by atoms with E-state index in [9.17, 15) is 9.59 Å². The molecule has 0 spiro atoms. The Kier molecular flexibility index (Phi) is 6.66. The van der Waals surface area contributed by atoms with Gasteiger partial charge >= 0.3 is 6.09 Å². The SMILES string of the molecule is CCOC(=O)N1c2cc(C)c(C)cc2N(C(=O)c2cc(-c3ccccc3)nc3ccccc23)CC1CC. The van der Waals surface area contributed by atoms with Crippen LogP contribution in [0.25, 0.3) is 22.2 Å². The second-order valence-electron chi connectivity index (χ2n) is 9.41. The molecule has 1 aliphatic heterocycles. The van der Waals surface area contributed by atoms with Gasteiger partial charge in [0.25, 0.3) is 5.91 Å². The van der Waals surface area contributed by atoms with Crippen LogP contribution in [0.2, 0.25) is 0 Å². The van der Waals surface area contributed by atoms with Crippen molar-refractivity contribution in [2.45, 2.75) is 40.2 Å². The van der Waals surface area contributed by atoms with Crippen molar-refractivity contribution >= 4 is 34.3 Å². The summed E-state index contributed by atoms with van der Waals surface area (Å²) in [7, 11) is 0. The fraction of sp³-hybridized carbons (Fsp3) is 0.258. The zero-order valence-corrected chi connectivity index (χ0v) is 21.7.